The second kappa shape index (κ2) is 7.90. The predicted molar refractivity (Wildman–Crippen MR) is 112 cm³/mol. The van der Waals surface area contributed by atoms with E-state index in [2.05, 4.69) is 4.98 Å². The second-order valence-electron chi connectivity index (χ2n) is 8.24. The molecule has 2 aliphatic rings. The molecule has 5 nitrogen and oxygen atoms in total. The highest BCUT2D eigenvalue weighted by Gasteiger charge is 2.50. The molecule has 1 aliphatic carbocycles. The standard InChI is InChI=1S/C22H26ClFN4O/c1-27(2)19-14-25-13-17(26-19)18-9-6-12-28(18)21(29)22(10-3-4-11-22)20-15(23)7-5-8-16(20)24/h5,7-8,13-14,18H,3-4,6,9-12H2,1-2H3/t18-/m0/s1. The van der Waals surface area contributed by atoms with Crippen molar-refractivity contribution < 1.29 is 9.18 Å². The lowest BCUT2D eigenvalue weighted by molar-refractivity contribution is -0.138. The Kier molecular flexibility index (Phi) is 5.47. The number of rotatable bonds is 4. The van der Waals surface area contributed by atoms with Crippen molar-refractivity contribution >= 4 is 23.3 Å². The quantitative estimate of drug-likeness (QED) is 0.735. The third-order valence-corrected chi connectivity index (χ3v) is 6.58. The number of carbonyl (C=O) groups is 1. The first-order valence-corrected chi connectivity index (χ1v) is 10.6. The summed E-state index contributed by atoms with van der Waals surface area (Å²) in [7, 11) is 3.83. The van der Waals surface area contributed by atoms with Crippen LogP contribution >= 0.6 is 11.6 Å². The Morgan fingerprint density at radius 1 is 1.24 bits per heavy atom. The fourth-order valence-corrected chi connectivity index (χ4v) is 5.19. The number of carbonyl (C=O) groups excluding carboxylic acids is 1. The van der Waals surface area contributed by atoms with Crippen LogP contribution in [0, 0.1) is 5.82 Å². The molecular weight excluding hydrogens is 391 g/mol. The summed E-state index contributed by atoms with van der Waals surface area (Å²) >= 11 is 6.42. The predicted octanol–water partition coefficient (Wildman–Crippen LogP) is 4.51. The van der Waals surface area contributed by atoms with Gasteiger partial charge in [-0.25, -0.2) is 9.37 Å². The van der Waals surface area contributed by atoms with E-state index in [0.29, 0.717) is 30.0 Å². The molecule has 1 saturated carbocycles. The summed E-state index contributed by atoms with van der Waals surface area (Å²) in [5.41, 5.74) is 0.259. The zero-order valence-electron chi connectivity index (χ0n) is 16.9. The minimum absolute atomic E-state index is 0.0263. The summed E-state index contributed by atoms with van der Waals surface area (Å²) in [6.45, 7) is 0.644. The highest BCUT2D eigenvalue weighted by Crippen LogP contribution is 2.48. The van der Waals surface area contributed by atoms with Crippen molar-refractivity contribution in [2.24, 2.45) is 0 Å². The molecule has 0 N–H and O–H groups in total. The highest BCUT2D eigenvalue weighted by molar-refractivity contribution is 6.31. The van der Waals surface area contributed by atoms with Crippen molar-refractivity contribution in [2.75, 3.05) is 25.5 Å². The van der Waals surface area contributed by atoms with Gasteiger partial charge in [0.1, 0.15) is 11.6 Å². The van der Waals surface area contributed by atoms with Gasteiger partial charge in [0.05, 0.1) is 29.5 Å². The van der Waals surface area contributed by atoms with Crippen LogP contribution in [0.25, 0.3) is 0 Å². The van der Waals surface area contributed by atoms with Crippen molar-refractivity contribution in [2.45, 2.75) is 50.0 Å². The summed E-state index contributed by atoms with van der Waals surface area (Å²) in [5.74, 6) is 0.342. The maximum Gasteiger partial charge on any atom is 0.233 e. The molecule has 29 heavy (non-hydrogen) atoms. The first-order chi connectivity index (χ1) is 13.9. The van der Waals surface area contributed by atoms with Gasteiger partial charge in [0.25, 0.3) is 0 Å². The first-order valence-electron chi connectivity index (χ1n) is 10.2. The van der Waals surface area contributed by atoms with Crippen LogP contribution in [0.1, 0.15) is 55.8 Å². The Balaban J connectivity index is 1.72. The molecule has 0 bridgehead atoms. The Labute approximate surface area is 175 Å². The van der Waals surface area contributed by atoms with Gasteiger partial charge in [0.15, 0.2) is 0 Å². The van der Waals surface area contributed by atoms with Crippen molar-refractivity contribution in [3.8, 4) is 0 Å². The molecule has 1 aliphatic heterocycles. The Bertz CT molecular complexity index is 893. The summed E-state index contributed by atoms with van der Waals surface area (Å²) in [6.07, 6.45) is 8.21. The number of hydrogen-bond donors (Lipinski definition) is 0. The molecule has 2 heterocycles. The molecule has 0 unspecified atom stereocenters. The Morgan fingerprint density at radius 2 is 2.00 bits per heavy atom. The van der Waals surface area contributed by atoms with Crippen LogP contribution in [0.15, 0.2) is 30.6 Å². The minimum Gasteiger partial charge on any atom is -0.361 e. The number of anilines is 1. The van der Waals surface area contributed by atoms with E-state index in [-0.39, 0.29) is 11.9 Å². The molecule has 1 atom stereocenters. The zero-order valence-corrected chi connectivity index (χ0v) is 17.6. The van der Waals surface area contributed by atoms with Gasteiger partial charge in [-0.15, -0.1) is 0 Å². The number of aromatic nitrogens is 2. The van der Waals surface area contributed by atoms with Crippen molar-refractivity contribution in [3.05, 3.63) is 52.7 Å². The van der Waals surface area contributed by atoms with Gasteiger partial charge in [0, 0.05) is 31.2 Å². The number of halogens is 2. The maximum atomic E-state index is 14.9. The van der Waals surface area contributed by atoms with E-state index >= 15 is 0 Å². The Morgan fingerprint density at radius 3 is 2.69 bits per heavy atom. The molecule has 7 heteroatoms. The van der Waals surface area contributed by atoms with Crippen LogP contribution < -0.4 is 4.90 Å². The summed E-state index contributed by atoms with van der Waals surface area (Å²) in [6, 6.07) is 4.54. The zero-order chi connectivity index (χ0) is 20.6. The molecule has 1 saturated heterocycles. The molecule has 1 aromatic carbocycles. The van der Waals surface area contributed by atoms with Gasteiger partial charge in [-0.05, 0) is 37.8 Å². The van der Waals surface area contributed by atoms with E-state index in [1.165, 1.54) is 6.07 Å². The molecule has 0 radical (unpaired) electrons. The molecule has 154 valence electrons. The topological polar surface area (TPSA) is 49.3 Å². The van der Waals surface area contributed by atoms with Gasteiger partial charge in [-0.2, -0.15) is 0 Å². The van der Waals surface area contributed by atoms with Crippen LogP contribution in [0.5, 0.6) is 0 Å². The summed E-state index contributed by atoms with van der Waals surface area (Å²) in [5, 5.41) is 0.338. The largest absolute Gasteiger partial charge is 0.361 e. The lowest BCUT2D eigenvalue weighted by Crippen LogP contribution is -2.46. The van der Waals surface area contributed by atoms with Crippen molar-refractivity contribution in [3.63, 3.8) is 0 Å². The van der Waals surface area contributed by atoms with Gasteiger partial charge in [-0.1, -0.05) is 30.5 Å². The van der Waals surface area contributed by atoms with E-state index in [9.17, 15) is 9.18 Å². The molecular formula is C22H26ClFN4O. The number of likely N-dealkylation sites (tertiary alicyclic amines) is 1. The fraction of sp³-hybridized carbons (Fsp3) is 0.500. The van der Waals surface area contributed by atoms with Crippen LogP contribution in [0.4, 0.5) is 10.2 Å². The number of amides is 1. The van der Waals surface area contributed by atoms with Gasteiger partial charge < -0.3 is 9.80 Å². The van der Waals surface area contributed by atoms with Crippen LogP contribution in [0.3, 0.4) is 0 Å². The third kappa shape index (κ3) is 3.48. The fourth-order valence-electron chi connectivity index (χ4n) is 4.84. The van der Waals surface area contributed by atoms with E-state index in [1.807, 2.05) is 23.9 Å². The van der Waals surface area contributed by atoms with Crippen molar-refractivity contribution in [1.29, 1.82) is 0 Å². The van der Waals surface area contributed by atoms with Crippen LogP contribution in [-0.4, -0.2) is 41.4 Å². The molecule has 4 rings (SSSR count). The Hall–Kier alpha value is -2.21. The third-order valence-electron chi connectivity index (χ3n) is 6.26. The summed E-state index contributed by atoms with van der Waals surface area (Å²) in [4.78, 5) is 26.7. The smallest absolute Gasteiger partial charge is 0.233 e. The minimum atomic E-state index is -0.891. The monoisotopic (exact) mass is 416 g/mol. The first kappa shape index (κ1) is 20.1. The normalized spacial score (nSPS) is 20.8. The molecule has 2 fully saturated rings. The van der Waals surface area contributed by atoms with Crippen molar-refractivity contribution in [1.82, 2.24) is 14.9 Å². The van der Waals surface area contributed by atoms with E-state index < -0.39 is 11.2 Å². The van der Waals surface area contributed by atoms with Crippen LogP contribution in [0.2, 0.25) is 5.02 Å². The number of benzene rings is 1. The van der Waals surface area contributed by atoms with Gasteiger partial charge in [0.2, 0.25) is 5.91 Å². The van der Waals surface area contributed by atoms with Crippen LogP contribution in [-0.2, 0) is 10.2 Å². The second-order valence-corrected chi connectivity index (χ2v) is 8.65. The highest BCUT2D eigenvalue weighted by atomic mass is 35.5. The maximum absolute atomic E-state index is 14.9. The number of nitrogens with zero attached hydrogens (tertiary/aromatic N) is 4. The van der Waals surface area contributed by atoms with E-state index in [1.54, 1.807) is 24.5 Å². The van der Waals surface area contributed by atoms with Gasteiger partial charge >= 0.3 is 0 Å². The van der Waals surface area contributed by atoms with E-state index in [4.69, 9.17) is 16.6 Å². The number of hydrogen-bond acceptors (Lipinski definition) is 4. The molecule has 1 amide bonds. The SMILES string of the molecule is CN(C)c1cncc([C@@H]2CCCN2C(=O)C2(c3c(F)cccc3Cl)CCCC2)n1. The lowest BCUT2D eigenvalue weighted by Gasteiger charge is -2.36. The molecule has 1 aromatic heterocycles. The van der Waals surface area contributed by atoms with E-state index in [0.717, 1.165) is 37.2 Å². The lowest BCUT2D eigenvalue weighted by atomic mass is 9.77. The summed E-state index contributed by atoms with van der Waals surface area (Å²) < 4.78 is 14.9. The average molecular weight is 417 g/mol. The molecule has 2 aromatic rings. The van der Waals surface area contributed by atoms with Gasteiger partial charge in [-0.3, -0.25) is 9.78 Å². The average Bonchev–Trinajstić information content (AvgIpc) is 3.38. The molecule has 0 spiro atoms.